The molecule has 2 aromatic carbocycles. The van der Waals surface area contributed by atoms with Crippen LogP contribution >= 0.6 is 0 Å². The summed E-state index contributed by atoms with van der Waals surface area (Å²) in [5.74, 6) is -0.321. The zero-order valence-electron chi connectivity index (χ0n) is 14.8. The van der Waals surface area contributed by atoms with Crippen molar-refractivity contribution in [1.29, 1.82) is 0 Å². The van der Waals surface area contributed by atoms with Crippen molar-refractivity contribution in [3.8, 4) is 5.69 Å². The summed E-state index contributed by atoms with van der Waals surface area (Å²) in [5.41, 5.74) is 5.91. The van der Waals surface area contributed by atoms with Crippen LogP contribution in [0.5, 0.6) is 0 Å². The molecule has 25 heavy (non-hydrogen) atoms. The molecule has 0 spiro atoms. The summed E-state index contributed by atoms with van der Waals surface area (Å²) < 4.78 is 7.29. The van der Waals surface area contributed by atoms with Gasteiger partial charge in [-0.1, -0.05) is 37.3 Å². The summed E-state index contributed by atoms with van der Waals surface area (Å²) in [5, 5.41) is 4.60. The largest absolute Gasteiger partial charge is 0.457 e. The number of benzene rings is 2. The lowest BCUT2D eigenvalue weighted by Crippen LogP contribution is -2.06. The van der Waals surface area contributed by atoms with Crippen LogP contribution in [0.2, 0.25) is 0 Å². The summed E-state index contributed by atoms with van der Waals surface area (Å²) in [4.78, 5) is 12.2. The van der Waals surface area contributed by atoms with Gasteiger partial charge in [0.05, 0.1) is 16.9 Å². The summed E-state index contributed by atoms with van der Waals surface area (Å²) >= 11 is 0. The molecule has 4 nitrogen and oxygen atoms in total. The maximum absolute atomic E-state index is 12.2. The minimum atomic E-state index is -0.321. The van der Waals surface area contributed by atoms with E-state index in [1.807, 2.05) is 54.1 Å². The molecular weight excluding hydrogens is 312 g/mol. The van der Waals surface area contributed by atoms with E-state index in [9.17, 15) is 4.79 Å². The Bertz CT molecular complexity index is 865. The molecule has 0 aliphatic carbocycles. The molecule has 0 aliphatic heterocycles. The number of nitrogens with zero attached hydrogens (tertiary/aromatic N) is 2. The Morgan fingerprint density at radius 1 is 1.04 bits per heavy atom. The van der Waals surface area contributed by atoms with Crippen LogP contribution in [0.1, 0.15) is 39.8 Å². The highest BCUT2D eigenvalue weighted by atomic mass is 16.5. The zero-order valence-corrected chi connectivity index (χ0v) is 14.8. The van der Waals surface area contributed by atoms with Crippen LogP contribution in [-0.2, 0) is 17.8 Å². The third-order valence-corrected chi connectivity index (χ3v) is 4.36. The lowest BCUT2D eigenvalue weighted by atomic mass is 10.1. The average Bonchev–Trinajstić information content (AvgIpc) is 2.94. The number of hydrogen-bond acceptors (Lipinski definition) is 3. The second kappa shape index (κ2) is 7.34. The van der Waals surface area contributed by atoms with Gasteiger partial charge in [0.1, 0.15) is 6.61 Å². The SMILES string of the molecule is CCc1c(C)nn(-c2ccc(C(=O)OCc3ccccc3)cc2)c1C. The van der Waals surface area contributed by atoms with Gasteiger partial charge in [0, 0.05) is 5.69 Å². The Morgan fingerprint density at radius 3 is 2.32 bits per heavy atom. The highest BCUT2D eigenvalue weighted by Gasteiger charge is 2.12. The van der Waals surface area contributed by atoms with E-state index >= 15 is 0 Å². The molecule has 3 rings (SSSR count). The number of rotatable bonds is 5. The van der Waals surface area contributed by atoms with Crippen LogP contribution in [0.3, 0.4) is 0 Å². The molecule has 0 amide bonds. The lowest BCUT2D eigenvalue weighted by molar-refractivity contribution is 0.0472. The third-order valence-electron chi connectivity index (χ3n) is 4.36. The standard InChI is InChI=1S/C21H22N2O2/c1-4-20-15(2)22-23(16(20)3)19-12-10-18(11-13-19)21(24)25-14-17-8-6-5-7-9-17/h5-13H,4,14H2,1-3H3. The van der Waals surface area contributed by atoms with Gasteiger partial charge < -0.3 is 4.74 Å². The average molecular weight is 334 g/mol. The number of esters is 1. The molecule has 128 valence electrons. The van der Waals surface area contributed by atoms with Crippen molar-refractivity contribution in [2.75, 3.05) is 0 Å². The summed E-state index contributed by atoms with van der Waals surface area (Å²) in [6, 6.07) is 17.0. The fourth-order valence-electron chi connectivity index (χ4n) is 2.98. The molecular formula is C21H22N2O2. The van der Waals surface area contributed by atoms with Gasteiger partial charge in [-0.25, -0.2) is 9.48 Å². The van der Waals surface area contributed by atoms with Crippen molar-refractivity contribution >= 4 is 5.97 Å². The normalized spacial score (nSPS) is 10.7. The maximum atomic E-state index is 12.2. The zero-order chi connectivity index (χ0) is 17.8. The van der Waals surface area contributed by atoms with E-state index in [1.165, 1.54) is 5.56 Å². The molecule has 4 heteroatoms. The highest BCUT2D eigenvalue weighted by molar-refractivity contribution is 5.89. The smallest absolute Gasteiger partial charge is 0.338 e. The van der Waals surface area contributed by atoms with Crippen molar-refractivity contribution in [2.24, 2.45) is 0 Å². The summed E-state index contributed by atoms with van der Waals surface area (Å²) in [6.45, 7) is 6.50. The predicted molar refractivity (Wildman–Crippen MR) is 98.0 cm³/mol. The molecule has 1 heterocycles. The Hall–Kier alpha value is -2.88. The first-order valence-corrected chi connectivity index (χ1v) is 8.46. The van der Waals surface area contributed by atoms with E-state index in [0.29, 0.717) is 5.56 Å². The Balaban J connectivity index is 1.73. The first-order valence-electron chi connectivity index (χ1n) is 8.46. The van der Waals surface area contributed by atoms with E-state index in [4.69, 9.17) is 4.74 Å². The van der Waals surface area contributed by atoms with Crippen LogP contribution < -0.4 is 0 Å². The monoisotopic (exact) mass is 334 g/mol. The maximum Gasteiger partial charge on any atom is 0.338 e. The second-order valence-electron chi connectivity index (χ2n) is 6.02. The van der Waals surface area contributed by atoms with E-state index in [1.54, 1.807) is 12.1 Å². The van der Waals surface area contributed by atoms with Gasteiger partial charge in [-0.05, 0) is 55.7 Å². The summed E-state index contributed by atoms with van der Waals surface area (Å²) in [6.07, 6.45) is 0.960. The third kappa shape index (κ3) is 3.63. The van der Waals surface area contributed by atoms with E-state index in [0.717, 1.165) is 29.1 Å². The van der Waals surface area contributed by atoms with Gasteiger partial charge in [0.15, 0.2) is 0 Å². The van der Waals surface area contributed by atoms with E-state index in [2.05, 4.69) is 18.9 Å². The van der Waals surface area contributed by atoms with Crippen LogP contribution in [0, 0.1) is 13.8 Å². The van der Waals surface area contributed by atoms with Gasteiger partial charge in [0.2, 0.25) is 0 Å². The highest BCUT2D eigenvalue weighted by Crippen LogP contribution is 2.19. The van der Waals surface area contributed by atoms with Gasteiger partial charge in [0.25, 0.3) is 0 Å². The molecule has 0 aliphatic rings. The lowest BCUT2D eigenvalue weighted by Gasteiger charge is -2.08. The minimum absolute atomic E-state index is 0.277. The quantitative estimate of drug-likeness (QED) is 0.649. The molecule has 0 bridgehead atoms. The number of hydrogen-bond donors (Lipinski definition) is 0. The van der Waals surface area contributed by atoms with Gasteiger partial charge in [-0.2, -0.15) is 5.10 Å². The topological polar surface area (TPSA) is 44.1 Å². The summed E-state index contributed by atoms with van der Waals surface area (Å²) in [7, 11) is 0. The Kier molecular flexibility index (Phi) is 4.98. The van der Waals surface area contributed by atoms with Gasteiger partial charge in [-0.3, -0.25) is 0 Å². The molecule has 0 fully saturated rings. The van der Waals surface area contributed by atoms with E-state index in [-0.39, 0.29) is 12.6 Å². The van der Waals surface area contributed by atoms with Crippen molar-refractivity contribution in [1.82, 2.24) is 9.78 Å². The van der Waals surface area contributed by atoms with Crippen LogP contribution in [0.4, 0.5) is 0 Å². The minimum Gasteiger partial charge on any atom is -0.457 e. The Labute approximate surface area is 148 Å². The van der Waals surface area contributed by atoms with Crippen molar-refractivity contribution in [3.05, 3.63) is 82.7 Å². The van der Waals surface area contributed by atoms with Crippen molar-refractivity contribution in [2.45, 2.75) is 33.8 Å². The fourth-order valence-corrected chi connectivity index (χ4v) is 2.98. The van der Waals surface area contributed by atoms with Crippen LogP contribution in [-0.4, -0.2) is 15.7 Å². The molecule has 0 radical (unpaired) electrons. The van der Waals surface area contributed by atoms with Crippen LogP contribution in [0.15, 0.2) is 54.6 Å². The van der Waals surface area contributed by atoms with Crippen LogP contribution in [0.25, 0.3) is 5.69 Å². The fraction of sp³-hybridized carbons (Fsp3) is 0.238. The predicted octanol–water partition coefficient (Wildman–Crippen LogP) is 4.41. The molecule has 0 atom stereocenters. The van der Waals surface area contributed by atoms with E-state index < -0.39 is 0 Å². The number of carbonyl (C=O) groups excluding carboxylic acids is 1. The molecule has 0 unspecified atom stereocenters. The number of aryl methyl sites for hydroxylation is 1. The number of ether oxygens (including phenoxy) is 1. The Morgan fingerprint density at radius 2 is 1.72 bits per heavy atom. The molecule has 0 saturated carbocycles. The first-order chi connectivity index (χ1) is 12.1. The first kappa shape index (κ1) is 17.0. The van der Waals surface area contributed by atoms with Crippen molar-refractivity contribution < 1.29 is 9.53 Å². The molecule has 1 aromatic heterocycles. The van der Waals surface area contributed by atoms with Crippen molar-refractivity contribution in [3.63, 3.8) is 0 Å². The second-order valence-corrected chi connectivity index (χ2v) is 6.02. The number of carbonyl (C=O) groups is 1. The van der Waals surface area contributed by atoms with Gasteiger partial charge >= 0.3 is 5.97 Å². The molecule has 3 aromatic rings. The molecule has 0 N–H and O–H groups in total. The number of aromatic nitrogens is 2. The molecule has 0 saturated heterocycles. The van der Waals surface area contributed by atoms with Gasteiger partial charge in [-0.15, -0.1) is 0 Å².